The zero-order valence-electron chi connectivity index (χ0n) is 13.2. The van der Waals surface area contributed by atoms with E-state index in [0.29, 0.717) is 13.1 Å². The van der Waals surface area contributed by atoms with E-state index in [0.717, 1.165) is 11.1 Å². The van der Waals surface area contributed by atoms with Gasteiger partial charge in [-0.05, 0) is 11.1 Å². The van der Waals surface area contributed by atoms with Crippen molar-refractivity contribution in [2.45, 2.75) is 25.2 Å². The van der Waals surface area contributed by atoms with Gasteiger partial charge in [0.05, 0.1) is 6.04 Å². The Kier molecular flexibility index (Phi) is 3.69. The first-order chi connectivity index (χ1) is 11.7. The van der Waals surface area contributed by atoms with Crippen LogP contribution in [0.5, 0.6) is 0 Å². The lowest BCUT2D eigenvalue weighted by molar-refractivity contribution is -0.141. The molecule has 2 fully saturated rings. The van der Waals surface area contributed by atoms with Crippen molar-refractivity contribution in [3.8, 4) is 0 Å². The van der Waals surface area contributed by atoms with Gasteiger partial charge in [0, 0.05) is 13.1 Å². The maximum absolute atomic E-state index is 12.9. The Bertz CT molecular complexity index is 748. The molecule has 2 aliphatic rings. The van der Waals surface area contributed by atoms with Crippen LogP contribution in [-0.2, 0) is 22.6 Å². The Balaban J connectivity index is 1.60. The average molecular weight is 322 g/mol. The zero-order valence-corrected chi connectivity index (χ0v) is 13.2. The molecule has 2 aliphatic heterocycles. The number of nitrogens with zero attached hydrogens (tertiary/aromatic N) is 2. The first kappa shape index (κ1) is 14.8. The molecule has 24 heavy (non-hydrogen) atoms. The fraction of sp³-hybridized carbons (Fsp3) is 0.263. The van der Waals surface area contributed by atoms with Crippen LogP contribution in [-0.4, -0.2) is 40.5 Å². The summed E-state index contributed by atoms with van der Waals surface area (Å²) in [5.74, 6) is -0.306. The third kappa shape index (κ3) is 2.52. The summed E-state index contributed by atoms with van der Waals surface area (Å²) in [6.45, 7) is 1.18. The molecule has 2 amide bonds. The molecule has 0 radical (unpaired) electrons. The minimum Gasteiger partial charge on any atom is -0.462 e. The number of urea groups is 1. The largest absolute Gasteiger partial charge is 0.462 e. The summed E-state index contributed by atoms with van der Waals surface area (Å²) in [6.07, 6.45) is 0. The number of ether oxygens (including phenoxy) is 1. The highest BCUT2D eigenvalue weighted by Crippen LogP contribution is 2.31. The fourth-order valence-corrected chi connectivity index (χ4v) is 3.43. The van der Waals surface area contributed by atoms with Gasteiger partial charge in [0.2, 0.25) is 0 Å². The van der Waals surface area contributed by atoms with E-state index in [1.807, 2.05) is 60.7 Å². The summed E-state index contributed by atoms with van der Waals surface area (Å²) in [7, 11) is 0. The predicted molar refractivity (Wildman–Crippen MR) is 87.9 cm³/mol. The number of hydrogen-bond donors (Lipinski definition) is 0. The summed E-state index contributed by atoms with van der Waals surface area (Å²) in [5.41, 5.74) is 2.05. The second-order valence-corrected chi connectivity index (χ2v) is 6.15. The van der Waals surface area contributed by atoms with Gasteiger partial charge in [-0.3, -0.25) is 0 Å². The lowest BCUT2D eigenvalue weighted by Gasteiger charge is -2.22. The molecular weight excluding hydrogens is 304 g/mol. The molecule has 2 unspecified atom stereocenters. The summed E-state index contributed by atoms with van der Waals surface area (Å²) < 4.78 is 5.23. The summed E-state index contributed by atoms with van der Waals surface area (Å²) >= 11 is 0. The van der Waals surface area contributed by atoms with Crippen molar-refractivity contribution in [2.75, 3.05) is 6.61 Å². The number of carbonyl (C=O) groups is 2. The molecular formula is C19H18N2O3. The molecule has 0 saturated carbocycles. The van der Waals surface area contributed by atoms with E-state index in [1.165, 1.54) is 0 Å². The van der Waals surface area contributed by atoms with Crippen molar-refractivity contribution in [1.29, 1.82) is 0 Å². The van der Waals surface area contributed by atoms with Gasteiger partial charge < -0.3 is 14.5 Å². The Morgan fingerprint density at radius 1 is 0.833 bits per heavy atom. The molecule has 4 rings (SSSR count). The zero-order chi connectivity index (χ0) is 16.5. The second kappa shape index (κ2) is 6.00. The van der Waals surface area contributed by atoms with E-state index in [-0.39, 0.29) is 24.6 Å². The van der Waals surface area contributed by atoms with Crippen molar-refractivity contribution in [2.24, 2.45) is 0 Å². The standard InChI is InChI=1S/C19H18N2O3/c22-18-17-16(13-24-18)20(11-14-7-3-1-4-8-14)19(23)21(17)12-15-9-5-2-6-10-15/h1-10,16-17H,11-13H2. The number of fused-ring (bicyclic) bond motifs is 1. The Labute approximate surface area is 140 Å². The van der Waals surface area contributed by atoms with Crippen LogP contribution < -0.4 is 0 Å². The quantitative estimate of drug-likeness (QED) is 0.812. The summed E-state index contributed by atoms with van der Waals surface area (Å²) in [6, 6.07) is 18.7. The first-order valence-electron chi connectivity index (χ1n) is 8.06. The van der Waals surface area contributed by atoms with Crippen molar-refractivity contribution in [3.63, 3.8) is 0 Å². The number of cyclic esters (lactones) is 1. The first-order valence-corrected chi connectivity index (χ1v) is 8.06. The van der Waals surface area contributed by atoms with Crippen molar-refractivity contribution >= 4 is 12.0 Å². The minimum atomic E-state index is -0.513. The maximum Gasteiger partial charge on any atom is 0.331 e. The Morgan fingerprint density at radius 3 is 1.96 bits per heavy atom. The van der Waals surface area contributed by atoms with E-state index < -0.39 is 6.04 Å². The lowest BCUT2D eigenvalue weighted by atomic mass is 10.1. The average Bonchev–Trinajstić information content (AvgIpc) is 3.11. The van der Waals surface area contributed by atoms with Crippen LogP contribution in [0.3, 0.4) is 0 Å². The molecule has 2 saturated heterocycles. The second-order valence-electron chi connectivity index (χ2n) is 6.15. The normalized spacial score (nSPS) is 22.7. The molecule has 0 bridgehead atoms. The molecule has 0 spiro atoms. The molecule has 5 nitrogen and oxygen atoms in total. The van der Waals surface area contributed by atoms with Gasteiger partial charge in [-0.25, -0.2) is 9.59 Å². The third-order valence-electron chi connectivity index (χ3n) is 4.62. The highest BCUT2D eigenvalue weighted by atomic mass is 16.5. The maximum atomic E-state index is 12.9. The van der Waals surface area contributed by atoms with E-state index in [2.05, 4.69) is 0 Å². The number of amides is 2. The Hall–Kier alpha value is -2.82. The molecule has 0 N–H and O–H groups in total. The van der Waals surface area contributed by atoms with Crippen molar-refractivity contribution < 1.29 is 14.3 Å². The van der Waals surface area contributed by atoms with Gasteiger partial charge >= 0.3 is 12.0 Å². The fourth-order valence-electron chi connectivity index (χ4n) is 3.43. The molecule has 0 aliphatic carbocycles. The number of benzene rings is 2. The van der Waals surface area contributed by atoms with Crippen molar-refractivity contribution in [3.05, 3.63) is 71.8 Å². The van der Waals surface area contributed by atoms with E-state index in [1.54, 1.807) is 9.80 Å². The predicted octanol–water partition coefficient (Wildman–Crippen LogP) is 2.42. The number of esters is 1. The van der Waals surface area contributed by atoms with Crippen LogP contribution in [0.25, 0.3) is 0 Å². The van der Waals surface area contributed by atoms with Gasteiger partial charge in [-0.15, -0.1) is 0 Å². The molecule has 2 aromatic carbocycles. The molecule has 2 aromatic rings. The number of hydrogen-bond acceptors (Lipinski definition) is 3. The number of rotatable bonds is 4. The smallest absolute Gasteiger partial charge is 0.331 e. The van der Waals surface area contributed by atoms with Crippen molar-refractivity contribution in [1.82, 2.24) is 9.80 Å². The highest BCUT2D eigenvalue weighted by Gasteiger charge is 2.54. The lowest BCUT2D eigenvalue weighted by Crippen LogP contribution is -2.38. The van der Waals surface area contributed by atoms with Crippen LogP contribution in [0.1, 0.15) is 11.1 Å². The molecule has 2 heterocycles. The monoisotopic (exact) mass is 322 g/mol. The van der Waals surface area contributed by atoms with Gasteiger partial charge in [0.1, 0.15) is 6.61 Å². The van der Waals surface area contributed by atoms with Gasteiger partial charge in [-0.2, -0.15) is 0 Å². The van der Waals surface area contributed by atoms with Crippen LogP contribution in [0.15, 0.2) is 60.7 Å². The molecule has 122 valence electrons. The third-order valence-corrected chi connectivity index (χ3v) is 4.62. The van der Waals surface area contributed by atoms with Crippen LogP contribution in [0, 0.1) is 0 Å². The van der Waals surface area contributed by atoms with Crippen LogP contribution in [0.4, 0.5) is 4.79 Å². The van der Waals surface area contributed by atoms with Gasteiger partial charge in [-0.1, -0.05) is 60.7 Å². The highest BCUT2D eigenvalue weighted by molar-refractivity contribution is 5.90. The van der Waals surface area contributed by atoms with Crippen LogP contribution in [0.2, 0.25) is 0 Å². The van der Waals surface area contributed by atoms with E-state index in [4.69, 9.17) is 4.74 Å². The topological polar surface area (TPSA) is 49.9 Å². The van der Waals surface area contributed by atoms with Gasteiger partial charge in [0.25, 0.3) is 0 Å². The summed E-state index contributed by atoms with van der Waals surface area (Å²) in [5, 5.41) is 0. The SMILES string of the molecule is O=C1OCC2C1N(Cc1ccccc1)C(=O)N2Cc1ccccc1. The van der Waals surface area contributed by atoms with E-state index >= 15 is 0 Å². The molecule has 5 heteroatoms. The number of carbonyl (C=O) groups excluding carboxylic acids is 2. The Morgan fingerprint density at radius 2 is 1.38 bits per heavy atom. The van der Waals surface area contributed by atoms with E-state index in [9.17, 15) is 9.59 Å². The summed E-state index contributed by atoms with van der Waals surface area (Å²) in [4.78, 5) is 28.5. The van der Waals surface area contributed by atoms with Gasteiger partial charge in [0.15, 0.2) is 6.04 Å². The van der Waals surface area contributed by atoms with Crippen LogP contribution >= 0.6 is 0 Å². The molecule has 2 atom stereocenters. The minimum absolute atomic E-state index is 0.102. The molecule has 0 aromatic heterocycles.